The van der Waals surface area contributed by atoms with E-state index in [2.05, 4.69) is 23.3 Å². The summed E-state index contributed by atoms with van der Waals surface area (Å²) in [5.41, 5.74) is 3.43. The minimum absolute atomic E-state index is 0.349. The fraction of sp³-hybridized carbons (Fsp3) is 0.211. The van der Waals surface area contributed by atoms with E-state index in [1.165, 1.54) is 16.9 Å². The molecule has 0 fully saturated rings. The molecule has 2 heterocycles. The molecule has 0 saturated carbocycles. The van der Waals surface area contributed by atoms with E-state index >= 15 is 0 Å². The van der Waals surface area contributed by atoms with Crippen LogP contribution in [-0.2, 0) is 22.4 Å². The molecule has 3 aromatic rings. The van der Waals surface area contributed by atoms with Crippen LogP contribution in [-0.4, -0.2) is 23.0 Å². The Balaban J connectivity index is 1.53. The summed E-state index contributed by atoms with van der Waals surface area (Å²) >= 11 is 1.42. The molecule has 126 valence electrons. The van der Waals surface area contributed by atoms with E-state index in [0.717, 1.165) is 22.2 Å². The molecule has 0 bridgehead atoms. The molecular formula is C19H16N2O3S. The van der Waals surface area contributed by atoms with Crippen molar-refractivity contribution in [3.05, 3.63) is 59.2 Å². The van der Waals surface area contributed by atoms with Crippen LogP contribution in [0, 0.1) is 0 Å². The summed E-state index contributed by atoms with van der Waals surface area (Å²) in [7, 11) is 0. The highest BCUT2D eigenvalue weighted by molar-refractivity contribution is 7.22. The zero-order chi connectivity index (χ0) is 17.4. The second-order valence-electron chi connectivity index (χ2n) is 5.92. The molecule has 2 aromatic carbocycles. The number of aromatic nitrogens is 1. The number of aryl methyl sites for hydroxylation is 1. The third-order valence-corrected chi connectivity index (χ3v) is 5.21. The van der Waals surface area contributed by atoms with Crippen molar-refractivity contribution >= 4 is 38.6 Å². The number of ether oxygens (including phenoxy) is 1. The van der Waals surface area contributed by atoms with Gasteiger partial charge >= 0.3 is 5.97 Å². The maximum atomic E-state index is 12.5. The van der Waals surface area contributed by atoms with Crippen LogP contribution in [0.25, 0.3) is 10.2 Å². The van der Waals surface area contributed by atoms with Gasteiger partial charge in [-0.05, 0) is 35.7 Å². The lowest BCUT2D eigenvalue weighted by Gasteiger charge is -2.23. The van der Waals surface area contributed by atoms with Crippen LogP contribution in [0.5, 0.6) is 0 Å². The molecule has 1 N–H and O–H groups in total. The van der Waals surface area contributed by atoms with E-state index in [9.17, 15) is 9.59 Å². The van der Waals surface area contributed by atoms with Gasteiger partial charge in [-0.3, -0.25) is 10.1 Å². The van der Waals surface area contributed by atoms with Crippen LogP contribution in [0.15, 0.2) is 42.5 Å². The highest BCUT2D eigenvalue weighted by Crippen LogP contribution is 2.28. The van der Waals surface area contributed by atoms with E-state index in [4.69, 9.17) is 4.74 Å². The third kappa shape index (κ3) is 3.00. The average Bonchev–Trinajstić information content (AvgIpc) is 3.02. The van der Waals surface area contributed by atoms with Crippen molar-refractivity contribution in [3.8, 4) is 0 Å². The molecule has 0 radical (unpaired) electrons. The zero-order valence-electron chi connectivity index (χ0n) is 13.6. The van der Waals surface area contributed by atoms with Crippen LogP contribution < -0.4 is 5.32 Å². The van der Waals surface area contributed by atoms with E-state index in [-0.39, 0.29) is 5.91 Å². The molecule has 0 aliphatic carbocycles. The lowest BCUT2D eigenvalue weighted by atomic mass is 9.98. The minimum Gasteiger partial charge on any atom is -0.448 e. The first-order valence-corrected chi connectivity index (χ1v) is 8.95. The number of anilines is 1. The summed E-state index contributed by atoms with van der Waals surface area (Å²) < 4.78 is 6.31. The van der Waals surface area contributed by atoms with Crippen molar-refractivity contribution in [1.82, 2.24) is 4.98 Å². The van der Waals surface area contributed by atoms with Crippen LogP contribution >= 0.6 is 11.3 Å². The van der Waals surface area contributed by atoms with Crippen LogP contribution in [0.1, 0.15) is 28.4 Å². The topological polar surface area (TPSA) is 68.3 Å². The van der Waals surface area contributed by atoms with E-state index < -0.39 is 12.1 Å². The van der Waals surface area contributed by atoms with Gasteiger partial charge in [-0.2, -0.15) is 0 Å². The number of hydrogen-bond donors (Lipinski definition) is 1. The van der Waals surface area contributed by atoms with E-state index in [1.54, 1.807) is 12.1 Å². The van der Waals surface area contributed by atoms with Crippen molar-refractivity contribution < 1.29 is 14.3 Å². The zero-order valence-corrected chi connectivity index (χ0v) is 14.4. The van der Waals surface area contributed by atoms with Crippen molar-refractivity contribution in [2.24, 2.45) is 0 Å². The van der Waals surface area contributed by atoms with Gasteiger partial charge in [0, 0.05) is 6.42 Å². The maximum Gasteiger partial charge on any atom is 0.339 e. The predicted molar refractivity (Wildman–Crippen MR) is 97.0 cm³/mol. The number of esters is 1. The molecule has 5 nitrogen and oxygen atoms in total. The largest absolute Gasteiger partial charge is 0.448 e. The molecule has 1 unspecified atom stereocenters. The van der Waals surface area contributed by atoms with Gasteiger partial charge in [0.25, 0.3) is 5.91 Å². The third-order valence-electron chi connectivity index (χ3n) is 4.28. The van der Waals surface area contributed by atoms with Gasteiger partial charge in [-0.1, -0.05) is 42.5 Å². The number of carbonyl (C=O) groups is 2. The summed E-state index contributed by atoms with van der Waals surface area (Å²) in [6.45, 7) is 2.10. The SMILES string of the molecule is CCc1ccc2nc(NC(=O)C3Cc4ccccc4C(=O)O3)sc2c1. The second-order valence-corrected chi connectivity index (χ2v) is 6.95. The highest BCUT2D eigenvalue weighted by Gasteiger charge is 2.31. The fourth-order valence-electron chi connectivity index (χ4n) is 2.91. The summed E-state index contributed by atoms with van der Waals surface area (Å²) in [6, 6.07) is 13.3. The predicted octanol–water partition coefficient (Wildman–Crippen LogP) is 3.58. The minimum atomic E-state index is -0.833. The number of nitrogens with one attached hydrogen (secondary N) is 1. The quantitative estimate of drug-likeness (QED) is 0.732. The first-order valence-electron chi connectivity index (χ1n) is 8.13. The molecule has 0 spiro atoms. The molecule has 0 saturated heterocycles. The Hall–Kier alpha value is -2.73. The molecular weight excluding hydrogens is 336 g/mol. The molecule has 6 heteroatoms. The second kappa shape index (κ2) is 6.29. The van der Waals surface area contributed by atoms with Crippen molar-refractivity contribution in [1.29, 1.82) is 0 Å². The first-order chi connectivity index (χ1) is 12.1. The van der Waals surface area contributed by atoms with Crippen LogP contribution in [0.2, 0.25) is 0 Å². The monoisotopic (exact) mass is 352 g/mol. The number of cyclic esters (lactones) is 1. The van der Waals surface area contributed by atoms with Crippen LogP contribution in [0.3, 0.4) is 0 Å². The Morgan fingerprint density at radius 2 is 2.16 bits per heavy atom. The van der Waals surface area contributed by atoms with Gasteiger partial charge in [0.1, 0.15) is 0 Å². The Labute approximate surface area is 148 Å². The highest BCUT2D eigenvalue weighted by atomic mass is 32.1. The number of hydrogen-bond acceptors (Lipinski definition) is 5. The number of rotatable bonds is 3. The number of nitrogens with zero attached hydrogens (tertiary/aromatic N) is 1. The smallest absolute Gasteiger partial charge is 0.339 e. The number of benzene rings is 2. The van der Waals surface area contributed by atoms with Crippen molar-refractivity contribution in [2.45, 2.75) is 25.9 Å². The Bertz CT molecular complexity index is 980. The van der Waals surface area contributed by atoms with Crippen molar-refractivity contribution in [2.75, 3.05) is 5.32 Å². The van der Waals surface area contributed by atoms with E-state index in [1.807, 2.05) is 24.3 Å². The number of amides is 1. The Morgan fingerprint density at radius 1 is 1.32 bits per heavy atom. The van der Waals surface area contributed by atoms with Gasteiger partial charge in [-0.25, -0.2) is 9.78 Å². The Morgan fingerprint density at radius 3 is 3.00 bits per heavy atom. The molecule has 1 aliphatic rings. The normalized spacial score (nSPS) is 16.4. The molecule has 1 aromatic heterocycles. The van der Waals surface area contributed by atoms with Gasteiger partial charge < -0.3 is 4.74 Å². The van der Waals surface area contributed by atoms with Gasteiger partial charge in [-0.15, -0.1) is 0 Å². The van der Waals surface area contributed by atoms with Gasteiger partial charge in [0.15, 0.2) is 11.2 Å². The van der Waals surface area contributed by atoms with Gasteiger partial charge in [0.2, 0.25) is 0 Å². The first kappa shape index (κ1) is 15.8. The summed E-state index contributed by atoms with van der Waals surface area (Å²) in [5, 5.41) is 3.30. The van der Waals surface area contributed by atoms with Gasteiger partial charge in [0.05, 0.1) is 15.8 Å². The number of thiazole rings is 1. The van der Waals surface area contributed by atoms with Crippen molar-refractivity contribution in [3.63, 3.8) is 0 Å². The lowest BCUT2D eigenvalue weighted by molar-refractivity contribution is -0.125. The standard InChI is InChI=1S/C19H16N2O3S/c1-2-11-7-8-14-16(9-11)25-19(20-14)21-17(22)15-10-12-5-3-4-6-13(12)18(23)24-15/h3-9,15H,2,10H2,1H3,(H,20,21,22). The lowest BCUT2D eigenvalue weighted by Crippen LogP contribution is -2.37. The molecule has 4 rings (SSSR count). The summed E-state index contributed by atoms with van der Waals surface area (Å²) in [4.78, 5) is 29.0. The average molecular weight is 352 g/mol. The fourth-order valence-corrected chi connectivity index (χ4v) is 3.84. The number of fused-ring (bicyclic) bond motifs is 2. The summed E-state index contributed by atoms with van der Waals surface area (Å²) in [5.74, 6) is -0.809. The Kier molecular flexibility index (Phi) is 3.97. The van der Waals surface area contributed by atoms with Crippen LogP contribution in [0.4, 0.5) is 5.13 Å². The maximum absolute atomic E-state index is 12.5. The van der Waals surface area contributed by atoms with E-state index in [0.29, 0.717) is 17.1 Å². The molecule has 25 heavy (non-hydrogen) atoms. The molecule has 1 atom stereocenters. The molecule has 1 aliphatic heterocycles. The summed E-state index contributed by atoms with van der Waals surface area (Å²) in [6.07, 6.45) is 0.492. The number of carbonyl (C=O) groups excluding carboxylic acids is 2. The molecule has 1 amide bonds.